The molecule has 10 heteroatoms. The van der Waals surface area contributed by atoms with Crippen molar-refractivity contribution in [3.05, 3.63) is 99.4 Å². The Labute approximate surface area is 193 Å². The van der Waals surface area contributed by atoms with Gasteiger partial charge in [0.25, 0.3) is 0 Å². The molecule has 0 bridgehead atoms. The average molecular weight is 489 g/mol. The van der Waals surface area contributed by atoms with Crippen LogP contribution in [-0.2, 0) is 10.1 Å². The maximum Gasteiger partial charge on any atom is 0.339 e. The van der Waals surface area contributed by atoms with Gasteiger partial charge in [0.05, 0.1) is 5.92 Å². The first-order valence-corrected chi connectivity index (χ1v) is 11.3. The molecule has 0 fully saturated rings. The molecule has 168 valence electrons. The molecule has 1 aliphatic rings. The summed E-state index contributed by atoms with van der Waals surface area (Å²) in [5, 5.41) is 9.84. The van der Waals surface area contributed by atoms with Crippen molar-refractivity contribution in [2.45, 2.75) is 17.7 Å². The van der Waals surface area contributed by atoms with Crippen molar-refractivity contribution in [1.82, 2.24) is 0 Å². The fourth-order valence-corrected chi connectivity index (χ4v) is 4.96. The van der Waals surface area contributed by atoms with Crippen LogP contribution in [0.15, 0.2) is 70.9 Å². The lowest BCUT2D eigenvalue weighted by atomic mass is 9.83. The summed E-state index contributed by atoms with van der Waals surface area (Å²) in [5.74, 6) is -3.19. The molecule has 2 N–H and O–H groups in total. The van der Waals surface area contributed by atoms with Gasteiger partial charge in [-0.05, 0) is 48.4 Å². The number of hydrogen-bond donors (Lipinski definition) is 1. The number of rotatable bonds is 4. The van der Waals surface area contributed by atoms with Gasteiger partial charge in [-0.2, -0.15) is 13.7 Å². The smallest absolute Gasteiger partial charge is 0.339 e. The van der Waals surface area contributed by atoms with Crippen molar-refractivity contribution in [3.8, 4) is 17.6 Å². The number of hydrogen-bond acceptors (Lipinski definition) is 6. The largest absolute Gasteiger partial charge is 0.440 e. The van der Waals surface area contributed by atoms with Gasteiger partial charge in [-0.15, -0.1) is 0 Å². The molecule has 4 rings (SSSR count). The maximum atomic E-state index is 13.9. The molecule has 1 heterocycles. The Morgan fingerprint density at radius 3 is 2.58 bits per heavy atom. The third kappa shape index (κ3) is 4.11. The second kappa shape index (κ2) is 8.39. The number of halogens is 3. The van der Waals surface area contributed by atoms with E-state index >= 15 is 0 Å². The molecule has 0 aliphatic carbocycles. The minimum atomic E-state index is -4.22. The standard InChI is InChI=1S/C23H15ClF2N2O4S/c1-12-17(24)3-2-4-21(12)33(29,30)32-14-6-7-15-20(10-14)31-23(28)16(11-27)22(15)13-5-8-18(25)19(26)9-13/h2-10,22H,28H2,1H3. The molecule has 0 saturated carbocycles. The van der Waals surface area contributed by atoms with Crippen molar-refractivity contribution < 1.29 is 26.1 Å². The van der Waals surface area contributed by atoms with Gasteiger partial charge in [0.1, 0.15) is 28.0 Å². The summed E-state index contributed by atoms with van der Waals surface area (Å²) < 4.78 is 63.7. The predicted molar refractivity (Wildman–Crippen MR) is 116 cm³/mol. The number of nitriles is 1. The second-order valence-electron chi connectivity index (χ2n) is 7.20. The van der Waals surface area contributed by atoms with E-state index in [9.17, 15) is 22.5 Å². The topological polar surface area (TPSA) is 102 Å². The van der Waals surface area contributed by atoms with Gasteiger partial charge in [-0.3, -0.25) is 0 Å². The summed E-state index contributed by atoms with van der Waals surface area (Å²) >= 11 is 6.02. The van der Waals surface area contributed by atoms with Crippen molar-refractivity contribution in [2.75, 3.05) is 0 Å². The molecule has 0 radical (unpaired) electrons. The summed E-state index contributed by atoms with van der Waals surface area (Å²) in [6, 6.07) is 13.7. The molecule has 3 aromatic carbocycles. The van der Waals surface area contributed by atoms with Crippen molar-refractivity contribution in [2.24, 2.45) is 5.73 Å². The highest BCUT2D eigenvalue weighted by Crippen LogP contribution is 2.44. The first-order chi connectivity index (χ1) is 15.6. The maximum absolute atomic E-state index is 13.9. The molecule has 0 amide bonds. The average Bonchev–Trinajstić information content (AvgIpc) is 2.76. The Kier molecular flexibility index (Phi) is 5.74. The van der Waals surface area contributed by atoms with Crippen LogP contribution in [0, 0.1) is 29.9 Å². The van der Waals surface area contributed by atoms with Gasteiger partial charge < -0.3 is 14.7 Å². The zero-order chi connectivity index (χ0) is 23.9. The van der Waals surface area contributed by atoms with E-state index in [0.29, 0.717) is 11.1 Å². The van der Waals surface area contributed by atoms with Crippen LogP contribution < -0.4 is 14.7 Å². The Morgan fingerprint density at radius 2 is 1.88 bits per heavy atom. The minimum absolute atomic E-state index is 0.00403. The van der Waals surface area contributed by atoms with E-state index in [1.165, 1.54) is 36.4 Å². The van der Waals surface area contributed by atoms with Crippen LogP contribution in [0.25, 0.3) is 0 Å². The summed E-state index contributed by atoms with van der Waals surface area (Å²) in [6.07, 6.45) is 0. The van der Waals surface area contributed by atoms with Crippen LogP contribution in [0.1, 0.15) is 22.6 Å². The van der Waals surface area contributed by atoms with E-state index in [1.54, 1.807) is 13.0 Å². The van der Waals surface area contributed by atoms with Gasteiger partial charge in [0.15, 0.2) is 11.6 Å². The molecular weight excluding hydrogens is 474 g/mol. The molecule has 1 aliphatic heterocycles. The number of fused-ring (bicyclic) bond motifs is 1. The second-order valence-corrected chi connectivity index (χ2v) is 9.12. The van der Waals surface area contributed by atoms with E-state index in [1.807, 2.05) is 6.07 Å². The molecule has 33 heavy (non-hydrogen) atoms. The first-order valence-electron chi connectivity index (χ1n) is 9.48. The van der Waals surface area contributed by atoms with E-state index in [-0.39, 0.29) is 38.4 Å². The predicted octanol–water partition coefficient (Wildman–Crippen LogP) is 4.91. The summed E-state index contributed by atoms with van der Waals surface area (Å²) in [7, 11) is -4.22. The summed E-state index contributed by atoms with van der Waals surface area (Å²) in [4.78, 5) is -0.0977. The zero-order valence-electron chi connectivity index (χ0n) is 17.0. The van der Waals surface area contributed by atoms with Crippen LogP contribution >= 0.6 is 11.6 Å². The molecule has 0 spiro atoms. The molecule has 0 saturated heterocycles. The molecule has 1 unspecified atom stereocenters. The van der Waals surface area contributed by atoms with Gasteiger partial charge in [0, 0.05) is 16.7 Å². The lowest BCUT2D eigenvalue weighted by molar-refractivity contribution is 0.391. The number of nitrogens with zero attached hydrogens (tertiary/aromatic N) is 1. The quantitative estimate of drug-likeness (QED) is 0.523. The Hall–Kier alpha value is -3.61. The van der Waals surface area contributed by atoms with E-state index in [4.69, 9.17) is 26.3 Å². The Balaban J connectivity index is 1.76. The summed E-state index contributed by atoms with van der Waals surface area (Å²) in [6.45, 7) is 1.55. The van der Waals surface area contributed by atoms with Crippen molar-refractivity contribution in [1.29, 1.82) is 5.26 Å². The SMILES string of the molecule is Cc1c(Cl)cccc1S(=O)(=O)Oc1ccc2c(c1)OC(N)=C(C#N)C2c1ccc(F)c(F)c1. The highest BCUT2D eigenvalue weighted by molar-refractivity contribution is 7.87. The molecule has 1 atom stereocenters. The molecular formula is C23H15ClF2N2O4S. The van der Waals surface area contributed by atoms with E-state index < -0.39 is 27.7 Å². The van der Waals surface area contributed by atoms with Crippen LogP contribution in [-0.4, -0.2) is 8.42 Å². The van der Waals surface area contributed by atoms with Crippen LogP contribution in [0.3, 0.4) is 0 Å². The summed E-state index contributed by atoms with van der Waals surface area (Å²) in [5.41, 5.74) is 6.90. The monoisotopic (exact) mass is 488 g/mol. The number of benzene rings is 3. The zero-order valence-corrected chi connectivity index (χ0v) is 18.5. The lowest BCUT2D eigenvalue weighted by Gasteiger charge is -2.26. The third-order valence-electron chi connectivity index (χ3n) is 5.16. The van der Waals surface area contributed by atoms with Gasteiger partial charge in [0.2, 0.25) is 5.88 Å². The Bertz CT molecular complexity index is 1470. The lowest BCUT2D eigenvalue weighted by Crippen LogP contribution is -2.21. The first kappa shape index (κ1) is 22.6. The van der Waals surface area contributed by atoms with Crippen LogP contribution in [0.5, 0.6) is 11.5 Å². The molecule has 3 aromatic rings. The highest BCUT2D eigenvalue weighted by Gasteiger charge is 2.32. The normalized spacial score (nSPS) is 15.4. The fourth-order valence-electron chi connectivity index (χ4n) is 3.55. The highest BCUT2D eigenvalue weighted by atomic mass is 35.5. The van der Waals surface area contributed by atoms with E-state index in [2.05, 4.69) is 0 Å². The third-order valence-corrected chi connectivity index (χ3v) is 6.96. The van der Waals surface area contributed by atoms with Crippen LogP contribution in [0.4, 0.5) is 8.78 Å². The van der Waals surface area contributed by atoms with Gasteiger partial charge >= 0.3 is 10.1 Å². The minimum Gasteiger partial charge on any atom is -0.440 e. The number of ether oxygens (including phenoxy) is 1. The number of allylic oxidation sites excluding steroid dienone is 1. The van der Waals surface area contributed by atoms with E-state index in [0.717, 1.165) is 12.1 Å². The van der Waals surface area contributed by atoms with Crippen LogP contribution in [0.2, 0.25) is 5.02 Å². The van der Waals surface area contributed by atoms with Crippen molar-refractivity contribution in [3.63, 3.8) is 0 Å². The van der Waals surface area contributed by atoms with Gasteiger partial charge in [-0.25, -0.2) is 8.78 Å². The van der Waals surface area contributed by atoms with Crippen molar-refractivity contribution >= 4 is 21.7 Å². The number of nitrogens with two attached hydrogens (primary N) is 1. The Morgan fingerprint density at radius 1 is 1.12 bits per heavy atom. The van der Waals surface area contributed by atoms with Gasteiger partial charge in [-0.1, -0.05) is 29.8 Å². The fraction of sp³-hybridized carbons (Fsp3) is 0.0870. The molecule has 0 aromatic heterocycles. The molecule has 6 nitrogen and oxygen atoms in total.